The number of likely N-dealkylation sites (N-methyl/N-ethyl adjacent to an activating group) is 1. The Morgan fingerprint density at radius 1 is 1.40 bits per heavy atom. The first kappa shape index (κ1) is 12.9. The second kappa shape index (κ2) is 7.17. The van der Waals surface area contributed by atoms with E-state index in [2.05, 4.69) is 23.9 Å². The molecule has 0 aromatic rings. The lowest BCUT2D eigenvalue weighted by atomic mass is 10.2. The summed E-state index contributed by atoms with van der Waals surface area (Å²) in [6, 6.07) is 0.692. The van der Waals surface area contributed by atoms with E-state index in [9.17, 15) is 0 Å². The van der Waals surface area contributed by atoms with Crippen LogP contribution in [0.2, 0.25) is 0 Å². The average Bonchev–Trinajstić information content (AvgIpc) is 2.59. The molecule has 0 aromatic carbocycles. The van der Waals surface area contributed by atoms with Gasteiger partial charge in [0.15, 0.2) is 0 Å². The summed E-state index contributed by atoms with van der Waals surface area (Å²) in [6.45, 7) is 4.66. The van der Waals surface area contributed by atoms with Gasteiger partial charge in [0.05, 0.1) is 19.8 Å². The molecule has 1 N–H and O–H groups in total. The zero-order valence-corrected chi connectivity index (χ0v) is 9.98. The maximum Gasteiger partial charge on any atom is 0.0698 e. The summed E-state index contributed by atoms with van der Waals surface area (Å²) in [5.74, 6) is 0. The van der Waals surface area contributed by atoms with E-state index in [0.29, 0.717) is 12.6 Å². The molecule has 1 unspecified atom stereocenters. The highest BCUT2D eigenvalue weighted by Gasteiger charge is 2.24. The minimum Gasteiger partial charge on any atom is -0.394 e. The average molecular weight is 216 g/mol. The molecule has 0 spiro atoms. The summed E-state index contributed by atoms with van der Waals surface area (Å²) in [4.78, 5) is 4.74. The second-order valence-corrected chi connectivity index (χ2v) is 4.43. The van der Waals surface area contributed by atoms with Crippen LogP contribution in [0.15, 0.2) is 0 Å². The SMILES string of the molecule is CN(C)CC1CCCN1CCOCCO. The summed E-state index contributed by atoms with van der Waals surface area (Å²) < 4.78 is 5.29. The summed E-state index contributed by atoms with van der Waals surface area (Å²) in [5.41, 5.74) is 0. The molecular formula is C11H24N2O2. The molecular weight excluding hydrogens is 192 g/mol. The predicted molar refractivity (Wildman–Crippen MR) is 61.1 cm³/mol. The van der Waals surface area contributed by atoms with Gasteiger partial charge in [0, 0.05) is 19.1 Å². The summed E-state index contributed by atoms with van der Waals surface area (Å²) in [7, 11) is 4.25. The van der Waals surface area contributed by atoms with Crippen LogP contribution in [0.5, 0.6) is 0 Å². The third-order valence-electron chi connectivity index (χ3n) is 2.83. The second-order valence-electron chi connectivity index (χ2n) is 4.43. The Kier molecular flexibility index (Phi) is 6.17. The van der Waals surface area contributed by atoms with E-state index >= 15 is 0 Å². The smallest absolute Gasteiger partial charge is 0.0698 e. The Morgan fingerprint density at radius 3 is 2.87 bits per heavy atom. The van der Waals surface area contributed by atoms with E-state index in [1.807, 2.05) is 0 Å². The van der Waals surface area contributed by atoms with Crippen LogP contribution in [-0.4, -0.2) is 74.5 Å². The van der Waals surface area contributed by atoms with Gasteiger partial charge >= 0.3 is 0 Å². The van der Waals surface area contributed by atoms with Gasteiger partial charge in [-0.2, -0.15) is 0 Å². The van der Waals surface area contributed by atoms with Gasteiger partial charge in [0.2, 0.25) is 0 Å². The van der Waals surface area contributed by atoms with E-state index < -0.39 is 0 Å². The largest absolute Gasteiger partial charge is 0.394 e. The summed E-state index contributed by atoms with van der Waals surface area (Å²) in [6.07, 6.45) is 2.61. The topological polar surface area (TPSA) is 35.9 Å². The molecule has 0 saturated carbocycles. The quantitative estimate of drug-likeness (QED) is 0.609. The van der Waals surface area contributed by atoms with Crippen molar-refractivity contribution >= 4 is 0 Å². The fraction of sp³-hybridized carbons (Fsp3) is 1.00. The van der Waals surface area contributed by atoms with Crippen LogP contribution in [0.25, 0.3) is 0 Å². The molecule has 0 bridgehead atoms. The Labute approximate surface area is 92.8 Å². The van der Waals surface area contributed by atoms with E-state index in [0.717, 1.165) is 19.7 Å². The molecule has 1 fully saturated rings. The fourth-order valence-corrected chi connectivity index (χ4v) is 2.17. The van der Waals surface area contributed by atoms with Crippen LogP contribution < -0.4 is 0 Å². The number of aliphatic hydroxyl groups excluding tert-OH is 1. The van der Waals surface area contributed by atoms with Gasteiger partial charge < -0.3 is 14.7 Å². The highest BCUT2D eigenvalue weighted by molar-refractivity contribution is 4.80. The highest BCUT2D eigenvalue weighted by Crippen LogP contribution is 2.16. The lowest BCUT2D eigenvalue weighted by Crippen LogP contribution is -2.39. The first-order valence-corrected chi connectivity index (χ1v) is 5.81. The molecule has 1 atom stereocenters. The molecule has 15 heavy (non-hydrogen) atoms. The van der Waals surface area contributed by atoms with Crippen LogP contribution in [0.1, 0.15) is 12.8 Å². The highest BCUT2D eigenvalue weighted by atomic mass is 16.5. The van der Waals surface area contributed by atoms with Crippen molar-refractivity contribution in [1.29, 1.82) is 0 Å². The monoisotopic (exact) mass is 216 g/mol. The van der Waals surface area contributed by atoms with Gasteiger partial charge in [0.25, 0.3) is 0 Å². The molecule has 0 amide bonds. The minimum absolute atomic E-state index is 0.126. The standard InChI is InChI=1S/C11H24N2O2/c1-12(2)10-11-4-3-5-13(11)6-8-15-9-7-14/h11,14H,3-10H2,1-2H3. The first-order chi connectivity index (χ1) is 7.24. The predicted octanol–water partition coefficient (Wildman–Crippen LogP) is 0.0213. The molecule has 1 aliphatic rings. The Bertz CT molecular complexity index is 165. The van der Waals surface area contributed by atoms with Gasteiger partial charge in [-0.15, -0.1) is 0 Å². The number of hydrogen-bond donors (Lipinski definition) is 1. The van der Waals surface area contributed by atoms with E-state index in [4.69, 9.17) is 9.84 Å². The molecule has 90 valence electrons. The summed E-state index contributed by atoms with van der Waals surface area (Å²) in [5, 5.41) is 8.58. The van der Waals surface area contributed by atoms with E-state index in [1.165, 1.54) is 19.4 Å². The van der Waals surface area contributed by atoms with Gasteiger partial charge in [-0.25, -0.2) is 0 Å². The van der Waals surface area contributed by atoms with Gasteiger partial charge in [0.1, 0.15) is 0 Å². The molecule has 0 aromatic heterocycles. The number of rotatable bonds is 7. The number of hydrogen-bond acceptors (Lipinski definition) is 4. The molecule has 0 radical (unpaired) electrons. The Morgan fingerprint density at radius 2 is 2.20 bits per heavy atom. The normalized spacial score (nSPS) is 22.8. The maximum atomic E-state index is 8.58. The van der Waals surface area contributed by atoms with Crippen LogP contribution in [0.3, 0.4) is 0 Å². The van der Waals surface area contributed by atoms with Crippen LogP contribution >= 0.6 is 0 Å². The van der Waals surface area contributed by atoms with Crippen LogP contribution in [0, 0.1) is 0 Å². The van der Waals surface area contributed by atoms with Gasteiger partial charge in [-0.3, -0.25) is 4.90 Å². The van der Waals surface area contributed by atoms with Crippen LogP contribution in [0.4, 0.5) is 0 Å². The third-order valence-corrected chi connectivity index (χ3v) is 2.83. The number of ether oxygens (including phenoxy) is 1. The lowest BCUT2D eigenvalue weighted by molar-refractivity contribution is 0.0683. The first-order valence-electron chi connectivity index (χ1n) is 5.81. The minimum atomic E-state index is 0.126. The molecule has 1 saturated heterocycles. The third kappa shape index (κ3) is 4.93. The van der Waals surface area contributed by atoms with Crippen molar-refractivity contribution in [3.8, 4) is 0 Å². The Hall–Kier alpha value is -0.160. The molecule has 1 heterocycles. The van der Waals surface area contributed by atoms with Crippen molar-refractivity contribution in [2.75, 3.05) is 53.6 Å². The van der Waals surface area contributed by atoms with E-state index in [1.54, 1.807) is 0 Å². The lowest BCUT2D eigenvalue weighted by Gasteiger charge is -2.26. The fourth-order valence-electron chi connectivity index (χ4n) is 2.17. The van der Waals surface area contributed by atoms with Crippen molar-refractivity contribution in [2.24, 2.45) is 0 Å². The zero-order valence-electron chi connectivity index (χ0n) is 9.98. The number of aliphatic hydroxyl groups is 1. The zero-order chi connectivity index (χ0) is 11.1. The van der Waals surface area contributed by atoms with Gasteiger partial charge in [-0.05, 0) is 33.5 Å². The van der Waals surface area contributed by atoms with Crippen LogP contribution in [-0.2, 0) is 4.74 Å². The van der Waals surface area contributed by atoms with Crippen molar-refractivity contribution < 1.29 is 9.84 Å². The number of likely N-dealkylation sites (tertiary alicyclic amines) is 1. The molecule has 1 aliphatic heterocycles. The molecule has 4 heteroatoms. The van der Waals surface area contributed by atoms with Crippen molar-refractivity contribution in [2.45, 2.75) is 18.9 Å². The van der Waals surface area contributed by atoms with Crippen molar-refractivity contribution in [1.82, 2.24) is 9.80 Å². The molecule has 4 nitrogen and oxygen atoms in total. The maximum absolute atomic E-state index is 8.58. The molecule has 0 aliphatic carbocycles. The van der Waals surface area contributed by atoms with Crippen molar-refractivity contribution in [3.63, 3.8) is 0 Å². The Balaban J connectivity index is 2.15. The summed E-state index contributed by atoms with van der Waals surface area (Å²) >= 11 is 0. The van der Waals surface area contributed by atoms with Gasteiger partial charge in [-0.1, -0.05) is 0 Å². The van der Waals surface area contributed by atoms with Crippen molar-refractivity contribution in [3.05, 3.63) is 0 Å². The number of nitrogens with zero attached hydrogens (tertiary/aromatic N) is 2. The molecule has 1 rings (SSSR count). The van der Waals surface area contributed by atoms with E-state index in [-0.39, 0.29) is 6.61 Å².